The number of likely N-dealkylation sites (tertiary alicyclic amines) is 1. The number of carbonyl (C=O) groups is 2. The number of nitrogens with zero attached hydrogens (tertiary/aromatic N) is 3. The second kappa shape index (κ2) is 7.59. The molecule has 2 heterocycles. The molecule has 0 radical (unpaired) electrons. The van der Waals surface area contributed by atoms with E-state index in [1.54, 1.807) is 29.1 Å². The number of hydrogen-bond donors (Lipinski definition) is 1. The highest BCUT2D eigenvalue weighted by Crippen LogP contribution is 2.22. The Morgan fingerprint density at radius 1 is 1.42 bits per heavy atom. The molecule has 2 amide bonds. The molecular formula is C19H24N4O3. The second-order valence-corrected chi connectivity index (χ2v) is 6.81. The van der Waals surface area contributed by atoms with Gasteiger partial charge in [0.05, 0.1) is 31.5 Å². The minimum Gasteiger partial charge on any atom is -0.497 e. The molecule has 1 N–H and O–H groups in total. The van der Waals surface area contributed by atoms with Crippen molar-refractivity contribution in [1.29, 1.82) is 0 Å². The number of ether oxygens (including phenoxy) is 1. The highest BCUT2D eigenvalue weighted by molar-refractivity contribution is 5.97. The van der Waals surface area contributed by atoms with Crippen molar-refractivity contribution in [2.24, 2.45) is 5.92 Å². The molecule has 2 aromatic rings. The molecule has 3 rings (SSSR count). The van der Waals surface area contributed by atoms with Gasteiger partial charge < -0.3 is 15.0 Å². The van der Waals surface area contributed by atoms with Crippen molar-refractivity contribution >= 4 is 17.5 Å². The van der Waals surface area contributed by atoms with Crippen LogP contribution in [-0.2, 0) is 16.1 Å². The van der Waals surface area contributed by atoms with Crippen molar-refractivity contribution < 1.29 is 14.3 Å². The summed E-state index contributed by atoms with van der Waals surface area (Å²) in [5, 5.41) is 7.16. The Morgan fingerprint density at radius 2 is 2.23 bits per heavy atom. The van der Waals surface area contributed by atoms with Gasteiger partial charge in [0, 0.05) is 25.2 Å². The van der Waals surface area contributed by atoms with Crippen molar-refractivity contribution in [1.82, 2.24) is 14.7 Å². The number of hydrogen-bond acceptors (Lipinski definition) is 4. The standard InChI is InChI=1S/C19H24N4O3/c1-13(2)23-11-15(8-18(23)24)19(25)21-16-9-20-22(12-16)10-14-5-4-6-17(7-14)26-3/h4-7,9,12-13,15H,8,10-11H2,1-3H3,(H,21,25)/t15-/m1/s1. The van der Waals surface area contributed by atoms with Gasteiger partial charge in [0.25, 0.3) is 0 Å². The van der Waals surface area contributed by atoms with Gasteiger partial charge in [-0.2, -0.15) is 5.10 Å². The average Bonchev–Trinajstić information content (AvgIpc) is 3.21. The molecule has 0 saturated carbocycles. The summed E-state index contributed by atoms with van der Waals surface area (Å²) in [5.41, 5.74) is 1.69. The Hall–Kier alpha value is -2.83. The normalized spacial score (nSPS) is 17.0. The van der Waals surface area contributed by atoms with Crippen LogP contribution in [0.3, 0.4) is 0 Å². The van der Waals surface area contributed by atoms with E-state index in [2.05, 4.69) is 10.4 Å². The molecule has 0 aliphatic carbocycles. The molecule has 7 nitrogen and oxygen atoms in total. The molecule has 7 heteroatoms. The topological polar surface area (TPSA) is 76.5 Å². The van der Waals surface area contributed by atoms with E-state index in [-0.39, 0.29) is 30.2 Å². The largest absolute Gasteiger partial charge is 0.497 e. The van der Waals surface area contributed by atoms with Gasteiger partial charge >= 0.3 is 0 Å². The third-order valence-electron chi connectivity index (χ3n) is 4.53. The lowest BCUT2D eigenvalue weighted by Gasteiger charge is -2.20. The Morgan fingerprint density at radius 3 is 2.92 bits per heavy atom. The third-order valence-corrected chi connectivity index (χ3v) is 4.53. The Kier molecular flexibility index (Phi) is 5.25. The Balaban J connectivity index is 1.60. The first-order valence-corrected chi connectivity index (χ1v) is 8.72. The number of methoxy groups -OCH3 is 1. The number of rotatable bonds is 6. The van der Waals surface area contributed by atoms with Gasteiger partial charge in [-0.25, -0.2) is 0 Å². The van der Waals surface area contributed by atoms with E-state index in [1.165, 1.54) is 0 Å². The zero-order chi connectivity index (χ0) is 18.7. The monoisotopic (exact) mass is 356 g/mol. The van der Waals surface area contributed by atoms with Gasteiger partial charge in [-0.15, -0.1) is 0 Å². The van der Waals surface area contributed by atoms with E-state index in [1.807, 2.05) is 38.1 Å². The molecule has 1 atom stereocenters. The number of anilines is 1. The molecule has 1 fully saturated rings. The van der Waals surface area contributed by atoms with E-state index in [4.69, 9.17) is 4.74 Å². The van der Waals surface area contributed by atoms with Crippen LogP contribution in [0.5, 0.6) is 5.75 Å². The maximum atomic E-state index is 12.4. The first-order chi connectivity index (χ1) is 12.5. The van der Waals surface area contributed by atoms with Crippen LogP contribution in [0.1, 0.15) is 25.8 Å². The van der Waals surface area contributed by atoms with Crippen LogP contribution in [0.25, 0.3) is 0 Å². The van der Waals surface area contributed by atoms with E-state index >= 15 is 0 Å². The highest BCUT2D eigenvalue weighted by atomic mass is 16.5. The number of nitrogens with one attached hydrogen (secondary N) is 1. The van der Waals surface area contributed by atoms with Crippen LogP contribution >= 0.6 is 0 Å². The summed E-state index contributed by atoms with van der Waals surface area (Å²) in [4.78, 5) is 26.1. The van der Waals surface area contributed by atoms with Gasteiger partial charge in [-0.3, -0.25) is 14.3 Å². The number of carbonyl (C=O) groups excluding carboxylic acids is 2. The van der Waals surface area contributed by atoms with Gasteiger partial charge in [-0.05, 0) is 31.5 Å². The second-order valence-electron chi connectivity index (χ2n) is 6.81. The third kappa shape index (κ3) is 4.04. The van der Waals surface area contributed by atoms with E-state index in [9.17, 15) is 9.59 Å². The van der Waals surface area contributed by atoms with Crippen LogP contribution in [-0.4, -0.2) is 46.2 Å². The SMILES string of the molecule is COc1cccc(Cn2cc(NC(=O)[C@@H]3CC(=O)N(C(C)C)C3)cn2)c1. The summed E-state index contributed by atoms with van der Waals surface area (Å²) >= 11 is 0. The molecule has 1 aliphatic heterocycles. The lowest BCUT2D eigenvalue weighted by molar-refractivity contribution is -0.129. The molecule has 26 heavy (non-hydrogen) atoms. The minimum atomic E-state index is -0.313. The van der Waals surface area contributed by atoms with E-state index in [0.29, 0.717) is 18.8 Å². The van der Waals surface area contributed by atoms with Crippen molar-refractivity contribution in [2.45, 2.75) is 32.9 Å². The van der Waals surface area contributed by atoms with Crippen LogP contribution in [0, 0.1) is 5.92 Å². The van der Waals surface area contributed by atoms with E-state index in [0.717, 1.165) is 11.3 Å². The fourth-order valence-electron chi connectivity index (χ4n) is 3.12. The smallest absolute Gasteiger partial charge is 0.229 e. The summed E-state index contributed by atoms with van der Waals surface area (Å²) in [6.07, 6.45) is 3.67. The molecule has 138 valence electrons. The molecule has 0 bridgehead atoms. The molecule has 0 spiro atoms. The molecular weight excluding hydrogens is 332 g/mol. The molecule has 1 aliphatic rings. The first kappa shape index (κ1) is 18.0. The molecule has 1 aromatic carbocycles. The highest BCUT2D eigenvalue weighted by Gasteiger charge is 2.35. The van der Waals surface area contributed by atoms with E-state index < -0.39 is 0 Å². The number of amides is 2. The fourth-order valence-corrected chi connectivity index (χ4v) is 3.12. The lowest BCUT2D eigenvalue weighted by Crippen LogP contribution is -2.33. The summed E-state index contributed by atoms with van der Waals surface area (Å²) < 4.78 is 6.98. The predicted octanol–water partition coefficient (Wildman–Crippen LogP) is 2.14. The van der Waals surface area contributed by atoms with Crippen LogP contribution in [0.4, 0.5) is 5.69 Å². The zero-order valence-corrected chi connectivity index (χ0v) is 15.3. The number of benzene rings is 1. The first-order valence-electron chi connectivity index (χ1n) is 8.72. The summed E-state index contributed by atoms with van der Waals surface area (Å²) in [6.45, 7) is 4.97. The van der Waals surface area contributed by atoms with Crippen molar-refractivity contribution in [3.8, 4) is 5.75 Å². The van der Waals surface area contributed by atoms with Gasteiger partial charge in [0.15, 0.2) is 0 Å². The minimum absolute atomic E-state index is 0.0360. The quantitative estimate of drug-likeness (QED) is 0.860. The van der Waals surface area contributed by atoms with Crippen molar-refractivity contribution in [2.75, 3.05) is 19.0 Å². The fraction of sp³-hybridized carbons (Fsp3) is 0.421. The molecule has 1 aromatic heterocycles. The predicted molar refractivity (Wildman–Crippen MR) is 97.9 cm³/mol. The zero-order valence-electron chi connectivity index (χ0n) is 15.3. The van der Waals surface area contributed by atoms with Gasteiger partial charge in [-0.1, -0.05) is 12.1 Å². The average molecular weight is 356 g/mol. The lowest BCUT2D eigenvalue weighted by atomic mass is 10.1. The van der Waals surface area contributed by atoms with Crippen LogP contribution in [0.15, 0.2) is 36.7 Å². The Bertz CT molecular complexity index is 800. The number of aromatic nitrogens is 2. The van der Waals surface area contributed by atoms with Crippen LogP contribution in [0.2, 0.25) is 0 Å². The molecule has 0 unspecified atom stereocenters. The Labute approximate surface area is 152 Å². The van der Waals surface area contributed by atoms with Crippen molar-refractivity contribution in [3.05, 3.63) is 42.2 Å². The van der Waals surface area contributed by atoms with Crippen molar-refractivity contribution in [3.63, 3.8) is 0 Å². The summed E-state index contributed by atoms with van der Waals surface area (Å²) in [6, 6.07) is 7.88. The maximum absolute atomic E-state index is 12.4. The van der Waals surface area contributed by atoms with Gasteiger partial charge in [0.1, 0.15) is 5.75 Å². The maximum Gasteiger partial charge on any atom is 0.229 e. The van der Waals surface area contributed by atoms with Gasteiger partial charge in [0.2, 0.25) is 11.8 Å². The van der Waals surface area contributed by atoms with Crippen LogP contribution < -0.4 is 10.1 Å². The molecule has 1 saturated heterocycles. The summed E-state index contributed by atoms with van der Waals surface area (Å²) in [7, 11) is 1.63. The summed E-state index contributed by atoms with van der Waals surface area (Å²) in [5.74, 6) is 0.381.